The van der Waals surface area contributed by atoms with Gasteiger partial charge in [0.15, 0.2) is 0 Å². The van der Waals surface area contributed by atoms with Crippen LogP contribution in [0, 0.1) is 11.8 Å². The lowest BCUT2D eigenvalue weighted by Gasteiger charge is -2.11. The van der Waals surface area contributed by atoms with E-state index in [0.29, 0.717) is 25.2 Å². The lowest BCUT2D eigenvalue weighted by molar-refractivity contribution is 0.252. The monoisotopic (exact) mass is 447 g/mol. The zero-order chi connectivity index (χ0) is 23.6. The molecule has 0 radical (unpaired) electrons. The highest BCUT2D eigenvalue weighted by Crippen LogP contribution is 2.26. The summed E-state index contributed by atoms with van der Waals surface area (Å²) in [5, 5.41) is 5.78. The van der Waals surface area contributed by atoms with Gasteiger partial charge in [0.2, 0.25) is 0 Å². The number of carbonyl (C=O) groups is 1. The molecule has 2 aromatic carbocycles. The summed E-state index contributed by atoms with van der Waals surface area (Å²) in [7, 11) is 0. The molecule has 4 N–H and O–H groups in total. The van der Waals surface area contributed by atoms with Gasteiger partial charge in [0, 0.05) is 54.7 Å². The number of amides is 2. The van der Waals surface area contributed by atoms with Crippen molar-refractivity contribution in [2.24, 2.45) is 5.73 Å². The van der Waals surface area contributed by atoms with Crippen molar-refractivity contribution in [1.82, 2.24) is 15.3 Å². The van der Waals surface area contributed by atoms with Crippen molar-refractivity contribution in [2.75, 3.05) is 11.9 Å². The minimum absolute atomic E-state index is 0.267. The first-order chi connectivity index (χ1) is 16.7. The Bertz CT molecular complexity index is 1290. The van der Waals surface area contributed by atoms with Crippen LogP contribution in [0.1, 0.15) is 22.3 Å². The van der Waals surface area contributed by atoms with Gasteiger partial charge >= 0.3 is 6.03 Å². The van der Waals surface area contributed by atoms with Crippen molar-refractivity contribution in [3.05, 3.63) is 114 Å². The summed E-state index contributed by atoms with van der Waals surface area (Å²) in [5.74, 6) is 6.48. The number of rotatable bonds is 6. The third kappa shape index (κ3) is 6.28. The molecular formula is C28H25N5O. The Morgan fingerprint density at radius 1 is 0.882 bits per heavy atom. The first kappa shape index (κ1) is 22.7. The number of hydrogen-bond donors (Lipinski definition) is 3. The van der Waals surface area contributed by atoms with Gasteiger partial charge in [-0.3, -0.25) is 9.97 Å². The highest BCUT2D eigenvalue weighted by atomic mass is 16.2. The fourth-order valence-corrected chi connectivity index (χ4v) is 3.41. The molecule has 0 aliphatic heterocycles. The predicted octanol–water partition coefficient (Wildman–Crippen LogP) is 4.37. The minimum Gasteiger partial charge on any atom is -0.338 e. The molecule has 6 nitrogen and oxygen atoms in total. The molecule has 2 aromatic heterocycles. The highest BCUT2D eigenvalue weighted by molar-refractivity contribution is 5.90. The molecule has 0 spiro atoms. The third-order valence-corrected chi connectivity index (χ3v) is 5.22. The van der Waals surface area contributed by atoms with Gasteiger partial charge < -0.3 is 16.4 Å². The number of nitrogens with one attached hydrogen (secondary N) is 2. The Morgan fingerprint density at radius 3 is 2.44 bits per heavy atom. The number of aromatic nitrogens is 2. The Hall–Kier alpha value is -4.47. The number of nitrogens with zero attached hydrogens (tertiary/aromatic N) is 2. The quantitative estimate of drug-likeness (QED) is 0.383. The lowest BCUT2D eigenvalue weighted by atomic mass is 9.99. The second-order valence-corrected chi connectivity index (χ2v) is 7.64. The molecule has 4 rings (SSSR count). The van der Waals surface area contributed by atoms with E-state index < -0.39 is 0 Å². The van der Waals surface area contributed by atoms with E-state index in [1.54, 1.807) is 24.8 Å². The van der Waals surface area contributed by atoms with Gasteiger partial charge in [-0.25, -0.2) is 4.79 Å². The third-order valence-electron chi connectivity index (χ3n) is 5.22. The zero-order valence-corrected chi connectivity index (χ0v) is 18.7. The average molecular weight is 448 g/mol. The number of carbonyl (C=O) groups excluding carboxylic acids is 1. The van der Waals surface area contributed by atoms with Gasteiger partial charge in [0.1, 0.15) is 0 Å². The van der Waals surface area contributed by atoms with Crippen molar-refractivity contribution in [2.45, 2.75) is 13.0 Å². The van der Waals surface area contributed by atoms with Crippen molar-refractivity contribution >= 4 is 11.7 Å². The zero-order valence-electron chi connectivity index (χ0n) is 18.7. The topological polar surface area (TPSA) is 92.9 Å². The van der Waals surface area contributed by atoms with Crippen LogP contribution in [0.4, 0.5) is 10.5 Å². The van der Waals surface area contributed by atoms with Crippen LogP contribution in [-0.4, -0.2) is 22.5 Å². The second kappa shape index (κ2) is 11.4. The van der Waals surface area contributed by atoms with E-state index in [-0.39, 0.29) is 6.03 Å². The molecule has 0 saturated heterocycles. The molecule has 2 amide bonds. The summed E-state index contributed by atoms with van der Waals surface area (Å²) in [5.41, 5.74) is 12.2. The van der Waals surface area contributed by atoms with Crippen LogP contribution < -0.4 is 16.4 Å². The normalized spacial score (nSPS) is 10.1. The van der Waals surface area contributed by atoms with Gasteiger partial charge in [-0.2, -0.15) is 0 Å². The van der Waals surface area contributed by atoms with E-state index in [0.717, 1.165) is 33.4 Å². The fourth-order valence-electron chi connectivity index (χ4n) is 3.41. The molecule has 0 aliphatic carbocycles. The maximum atomic E-state index is 12.4. The second-order valence-electron chi connectivity index (χ2n) is 7.64. The van der Waals surface area contributed by atoms with Crippen molar-refractivity contribution < 1.29 is 4.79 Å². The van der Waals surface area contributed by atoms with E-state index in [1.807, 2.05) is 66.7 Å². The van der Waals surface area contributed by atoms with Crippen LogP contribution in [-0.2, 0) is 13.0 Å². The van der Waals surface area contributed by atoms with E-state index >= 15 is 0 Å². The van der Waals surface area contributed by atoms with Crippen molar-refractivity contribution in [3.63, 3.8) is 0 Å². The van der Waals surface area contributed by atoms with Crippen LogP contribution >= 0.6 is 0 Å². The molecule has 0 aliphatic rings. The number of hydrogen-bond acceptors (Lipinski definition) is 4. The van der Waals surface area contributed by atoms with Crippen molar-refractivity contribution in [1.29, 1.82) is 0 Å². The number of anilines is 1. The average Bonchev–Trinajstić information content (AvgIpc) is 2.89. The molecule has 2 heterocycles. The maximum Gasteiger partial charge on any atom is 0.319 e. The summed E-state index contributed by atoms with van der Waals surface area (Å²) in [4.78, 5) is 20.6. The molecule has 34 heavy (non-hydrogen) atoms. The molecule has 0 bridgehead atoms. The van der Waals surface area contributed by atoms with E-state index in [9.17, 15) is 4.79 Å². The number of pyridine rings is 2. The van der Waals surface area contributed by atoms with Crippen LogP contribution in [0.2, 0.25) is 0 Å². The van der Waals surface area contributed by atoms with Gasteiger partial charge in [-0.05, 0) is 71.1 Å². The molecule has 6 heteroatoms. The van der Waals surface area contributed by atoms with Crippen LogP contribution in [0.25, 0.3) is 11.1 Å². The first-order valence-corrected chi connectivity index (χ1v) is 11.0. The number of nitrogens with two attached hydrogens (primary N) is 1. The Labute approximate surface area is 199 Å². The van der Waals surface area contributed by atoms with Gasteiger partial charge in [0.25, 0.3) is 0 Å². The van der Waals surface area contributed by atoms with E-state index in [1.165, 1.54) is 0 Å². The smallest absolute Gasteiger partial charge is 0.319 e. The molecule has 168 valence electrons. The summed E-state index contributed by atoms with van der Waals surface area (Å²) in [6, 6.07) is 21.1. The minimum atomic E-state index is -0.267. The fraction of sp³-hybridized carbons (Fsp3) is 0.107. The largest absolute Gasteiger partial charge is 0.338 e. The van der Waals surface area contributed by atoms with Crippen molar-refractivity contribution in [3.8, 4) is 23.0 Å². The SMILES string of the molecule is NCc1ccc(C#Cc2cc(NC(=O)NCCc3cccnc3)ccc2-c2ccncc2)cc1. The molecular weight excluding hydrogens is 422 g/mol. The standard InChI is InChI=1S/C28H25N5O/c29-19-22-5-3-21(4-6-22)7-8-25-18-26(9-10-27(25)24-12-15-30-16-13-24)33-28(34)32-17-11-23-2-1-14-31-20-23/h1-6,9-10,12-16,18,20H,11,17,19,29H2,(H2,32,33,34). The number of urea groups is 1. The Kier molecular flexibility index (Phi) is 7.62. The maximum absolute atomic E-state index is 12.4. The highest BCUT2D eigenvalue weighted by Gasteiger charge is 2.08. The predicted molar refractivity (Wildman–Crippen MR) is 135 cm³/mol. The summed E-state index contributed by atoms with van der Waals surface area (Å²) in [6.07, 6.45) is 7.74. The molecule has 4 aromatic rings. The summed E-state index contributed by atoms with van der Waals surface area (Å²) < 4.78 is 0. The number of benzene rings is 2. The molecule has 0 atom stereocenters. The lowest BCUT2D eigenvalue weighted by Crippen LogP contribution is -2.30. The van der Waals surface area contributed by atoms with Gasteiger partial charge in [-0.15, -0.1) is 0 Å². The molecule has 0 fully saturated rings. The van der Waals surface area contributed by atoms with Gasteiger partial charge in [-0.1, -0.05) is 36.1 Å². The molecule has 0 unspecified atom stereocenters. The Morgan fingerprint density at radius 2 is 1.71 bits per heavy atom. The molecule has 0 saturated carbocycles. The first-order valence-electron chi connectivity index (χ1n) is 11.0. The van der Waals surface area contributed by atoms with E-state index in [4.69, 9.17) is 5.73 Å². The van der Waals surface area contributed by atoms with Crippen LogP contribution in [0.15, 0.2) is 91.5 Å². The van der Waals surface area contributed by atoms with Crippen LogP contribution in [0.5, 0.6) is 0 Å². The summed E-state index contributed by atoms with van der Waals surface area (Å²) >= 11 is 0. The van der Waals surface area contributed by atoms with E-state index in [2.05, 4.69) is 32.4 Å². The summed E-state index contributed by atoms with van der Waals surface area (Å²) in [6.45, 7) is 1.01. The van der Waals surface area contributed by atoms with Gasteiger partial charge in [0.05, 0.1) is 0 Å². The Balaban J connectivity index is 1.51. The van der Waals surface area contributed by atoms with Crippen LogP contribution in [0.3, 0.4) is 0 Å².